The van der Waals surface area contributed by atoms with Crippen LogP contribution in [0.2, 0.25) is 0 Å². The van der Waals surface area contributed by atoms with Gasteiger partial charge in [-0.15, -0.1) is 0 Å². The summed E-state index contributed by atoms with van der Waals surface area (Å²) in [5.41, 5.74) is 2.74. The zero-order chi connectivity index (χ0) is 13.7. The highest BCUT2D eigenvalue weighted by Crippen LogP contribution is 2.27. The van der Waals surface area contributed by atoms with Gasteiger partial charge in [-0.05, 0) is 29.5 Å². The lowest BCUT2D eigenvalue weighted by Crippen LogP contribution is -2.44. The molecule has 1 aliphatic rings. The Morgan fingerprint density at radius 1 is 1.26 bits per heavy atom. The van der Waals surface area contributed by atoms with Crippen LogP contribution in [0.15, 0.2) is 18.2 Å². The quantitative estimate of drug-likeness (QED) is 0.881. The average Bonchev–Trinajstić information content (AvgIpc) is 2.46. The molecule has 1 N–H and O–H groups in total. The van der Waals surface area contributed by atoms with Crippen molar-refractivity contribution in [1.29, 1.82) is 0 Å². The summed E-state index contributed by atoms with van der Waals surface area (Å²) in [5.74, 6) is 1.52. The van der Waals surface area contributed by atoms with Gasteiger partial charge in [0.05, 0.1) is 7.11 Å². The van der Waals surface area contributed by atoms with Crippen molar-refractivity contribution in [3.8, 4) is 5.75 Å². The molecule has 0 radical (unpaired) electrons. The predicted octanol–water partition coefficient (Wildman–Crippen LogP) is 2.27. The zero-order valence-electron chi connectivity index (χ0n) is 12.4. The number of nitrogens with zero attached hydrogens (tertiary/aromatic N) is 1. The van der Waals surface area contributed by atoms with E-state index in [0.717, 1.165) is 31.8 Å². The number of hydrogen-bond acceptors (Lipinski definition) is 3. The van der Waals surface area contributed by atoms with Crippen molar-refractivity contribution in [2.45, 2.75) is 26.2 Å². The molecule has 0 bridgehead atoms. The smallest absolute Gasteiger partial charge is 0.122 e. The monoisotopic (exact) mass is 262 g/mol. The summed E-state index contributed by atoms with van der Waals surface area (Å²) in [7, 11) is 1.75. The number of benzene rings is 1. The third-order valence-corrected chi connectivity index (χ3v) is 3.84. The lowest BCUT2D eigenvalue weighted by atomic mass is 9.98. The molecule has 0 aliphatic carbocycles. The van der Waals surface area contributed by atoms with Gasteiger partial charge in [0.25, 0.3) is 0 Å². The molecule has 1 fully saturated rings. The SMILES string of the molecule is COc1ccc(CCN2CCNCC2)cc1C(C)C. The highest BCUT2D eigenvalue weighted by molar-refractivity contribution is 5.39. The first-order chi connectivity index (χ1) is 9.20. The number of nitrogens with one attached hydrogen (secondary N) is 1. The molecule has 106 valence electrons. The zero-order valence-corrected chi connectivity index (χ0v) is 12.4. The van der Waals surface area contributed by atoms with Crippen LogP contribution in [0.5, 0.6) is 5.75 Å². The predicted molar refractivity (Wildman–Crippen MR) is 80.1 cm³/mol. The first kappa shape index (κ1) is 14.4. The van der Waals surface area contributed by atoms with Crippen molar-refractivity contribution in [2.24, 2.45) is 0 Å². The van der Waals surface area contributed by atoms with Crippen molar-refractivity contribution >= 4 is 0 Å². The van der Waals surface area contributed by atoms with Gasteiger partial charge in [-0.1, -0.05) is 26.0 Å². The maximum absolute atomic E-state index is 5.44. The Labute approximate surface area is 116 Å². The second kappa shape index (κ2) is 6.92. The summed E-state index contributed by atoms with van der Waals surface area (Å²) in [6.45, 7) is 10.2. The Kier molecular flexibility index (Phi) is 5.23. The topological polar surface area (TPSA) is 24.5 Å². The fourth-order valence-corrected chi connectivity index (χ4v) is 2.61. The molecule has 0 atom stereocenters. The molecule has 3 nitrogen and oxygen atoms in total. The van der Waals surface area contributed by atoms with E-state index >= 15 is 0 Å². The van der Waals surface area contributed by atoms with E-state index in [-0.39, 0.29) is 0 Å². The third-order valence-electron chi connectivity index (χ3n) is 3.84. The molecule has 0 saturated carbocycles. The van der Waals surface area contributed by atoms with E-state index in [1.807, 2.05) is 0 Å². The Morgan fingerprint density at radius 3 is 2.63 bits per heavy atom. The lowest BCUT2D eigenvalue weighted by molar-refractivity contribution is 0.244. The Balaban J connectivity index is 1.98. The van der Waals surface area contributed by atoms with E-state index in [9.17, 15) is 0 Å². The molecule has 1 aliphatic heterocycles. The van der Waals surface area contributed by atoms with Gasteiger partial charge in [-0.3, -0.25) is 0 Å². The Morgan fingerprint density at radius 2 is 2.00 bits per heavy atom. The fraction of sp³-hybridized carbons (Fsp3) is 0.625. The van der Waals surface area contributed by atoms with Crippen LogP contribution in [0, 0.1) is 0 Å². The summed E-state index contributed by atoms with van der Waals surface area (Å²) in [5, 5.41) is 3.39. The number of hydrogen-bond donors (Lipinski definition) is 1. The van der Waals surface area contributed by atoms with Gasteiger partial charge in [0, 0.05) is 32.7 Å². The molecule has 0 amide bonds. The number of methoxy groups -OCH3 is 1. The maximum atomic E-state index is 5.44. The molecule has 0 unspecified atom stereocenters. The molecular formula is C16H26N2O. The molecule has 1 saturated heterocycles. The Hall–Kier alpha value is -1.06. The minimum Gasteiger partial charge on any atom is -0.496 e. The minimum atomic E-state index is 0.508. The van der Waals surface area contributed by atoms with Crippen LogP contribution >= 0.6 is 0 Å². The van der Waals surface area contributed by atoms with Gasteiger partial charge in [0.1, 0.15) is 5.75 Å². The van der Waals surface area contributed by atoms with Gasteiger partial charge in [-0.2, -0.15) is 0 Å². The van der Waals surface area contributed by atoms with Gasteiger partial charge in [-0.25, -0.2) is 0 Å². The number of piperazine rings is 1. The van der Waals surface area contributed by atoms with E-state index in [0.29, 0.717) is 5.92 Å². The normalized spacial score (nSPS) is 16.8. The molecule has 0 spiro atoms. The summed E-state index contributed by atoms with van der Waals surface area (Å²) in [6.07, 6.45) is 1.13. The standard InChI is InChI=1S/C16H26N2O/c1-13(2)15-12-14(4-5-16(15)19-3)6-9-18-10-7-17-8-11-18/h4-5,12-13,17H,6-11H2,1-3H3. The minimum absolute atomic E-state index is 0.508. The first-order valence-electron chi connectivity index (χ1n) is 7.30. The second-order valence-corrected chi connectivity index (χ2v) is 5.57. The van der Waals surface area contributed by atoms with Crippen LogP contribution < -0.4 is 10.1 Å². The Bertz CT molecular complexity index is 398. The number of ether oxygens (including phenoxy) is 1. The van der Waals surface area contributed by atoms with Gasteiger partial charge < -0.3 is 15.0 Å². The molecular weight excluding hydrogens is 236 g/mol. The van der Waals surface area contributed by atoms with Crippen molar-refractivity contribution in [3.63, 3.8) is 0 Å². The summed E-state index contributed by atoms with van der Waals surface area (Å²) < 4.78 is 5.44. The van der Waals surface area contributed by atoms with Crippen LogP contribution in [0.1, 0.15) is 30.9 Å². The molecule has 1 aromatic carbocycles. The van der Waals surface area contributed by atoms with Crippen molar-refractivity contribution in [2.75, 3.05) is 39.8 Å². The van der Waals surface area contributed by atoms with E-state index in [1.165, 1.54) is 24.2 Å². The third kappa shape index (κ3) is 3.95. The van der Waals surface area contributed by atoms with Crippen molar-refractivity contribution in [3.05, 3.63) is 29.3 Å². The van der Waals surface area contributed by atoms with E-state index in [1.54, 1.807) is 7.11 Å². The molecule has 1 aromatic rings. The molecule has 19 heavy (non-hydrogen) atoms. The first-order valence-corrected chi connectivity index (χ1v) is 7.30. The van der Waals surface area contributed by atoms with Gasteiger partial charge in [0.2, 0.25) is 0 Å². The van der Waals surface area contributed by atoms with Gasteiger partial charge in [0.15, 0.2) is 0 Å². The van der Waals surface area contributed by atoms with Gasteiger partial charge >= 0.3 is 0 Å². The fourth-order valence-electron chi connectivity index (χ4n) is 2.61. The van der Waals surface area contributed by atoms with E-state index in [4.69, 9.17) is 4.74 Å². The highest BCUT2D eigenvalue weighted by Gasteiger charge is 2.11. The summed E-state index contributed by atoms with van der Waals surface area (Å²) in [6, 6.07) is 6.63. The van der Waals surface area contributed by atoms with Crippen LogP contribution in [-0.2, 0) is 6.42 Å². The van der Waals surface area contributed by atoms with Crippen molar-refractivity contribution in [1.82, 2.24) is 10.2 Å². The summed E-state index contributed by atoms with van der Waals surface area (Å²) >= 11 is 0. The maximum Gasteiger partial charge on any atom is 0.122 e. The van der Waals surface area contributed by atoms with E-state index < -0.39 is 0 Å². The number of rotatable bonds is 5. The lowest BCUT2D eigenvalue weighted by Gasteiger charge is -2.27. The van der Waals surface area contributed by atoms with Crippen molar-refractivity contribution < 1.29 is 4.74 Å². The van der Waals surface area contributed by atoms with Crippen LogP contribution in [-0.4, -0.2) is 44.7 Å². The summed E-state index contributed by atoms with van der Waals surface area (Å²) in [4.78, 5) is 2.54. The molecule has 0 aromatic heterocycles. The average molecular weight is 262 g/mol. The molecule has 1 heterocycles. The second-order valence-electron chi connectivity index (χ2n) is 5.57. The van der Waals surface area contributed by atoms with Crippen LogP contribution in [0.3, 0.4) is 0 Å². The highest BCUT2D eigenvalue weighted by atomic mass is 16.5. The molecule has 2 rings (SSSR count). The molecule has 3 heteroatoms. The van der Waals surface area contributed by atoms with Crippen LogP contribution in [0.25, 0.3) is 0 Å². The van der Waals surface area contributed by atoms with E-state index in [2.05, 4.69) is 42.3 Å². The largest absolute Gasteiger partial charge is 0.496 e. The van der Waals surface area contributed by atoms with Crippen LogP contribution in [0.4, 0.5) is 0 Å².